The molecule has 0 radical (unpaired) electrons. The van der Waals surface area contributed by atoms with Crippen molar-refractivity contribution in [3.63, 3.8) is 0 Å². The van der Waals surface area contributed by atoms with Gasteiger partial charge in [-0.3, -0.25) is 9.69 Å². The quantitative estimate of drug-likeness (QED) is 0.708. The fourth-order valence-electron chi connectivity index (χ4n) is 1.66. The van der Waals surface area contributed by atoms with Gasteiger partial charge in [-0.25, -0.2) is 0 Å². The molecule has 1 amide bonds. The van der Waals surface area contributed by atoms with E-state index >= 15 is 0 Å². The Kier molecular flexibility index (Phi) is 2.68. The summed E-state index contributed by atoms with van der Waals surface area (Å²) in [6.07, 6.45) is 0. The molecule has 1 saturated heterocycles. The fourth-order valence-corrected chi connectivity index (χ4v) is 2.06. The predicted molar refractivity (Wildman–Crippen MR) is 63.8 cm³/mol. The molecule has 0 unspecified atom stereocenters. The van der Waals surface area contributed by atoms with Gasteiger partial charge in [0.2, 0.25) is 5.91 Å². The number of nitrogens with zero attached hydrogens (tertiary/aromatic N) is 2. The van der Waals surface area contributed by atoms with Crippen LogP contribution in [0.3, 0.4) is 0 Å². The molecule has 15 heavy (non-hydrogen) atoms. The average molecular weight is 220 g/mol. The van der Waals surface area contributed by atoms with E-state index in [0.29, 0.717) is 18.2 Å². The third-order valence-electron chi connectivity index (χ3n) is 2.44. The SMILES string of the molecule is CCN1C(=O)CN(c2ccccc2)C1=S. The van der Waals surface area contributed by atoms with Crippen LogP contribution < -0.4 is 4.90 Å². The average Bonchev–Trinajstić information content (AvgIpc) is 2.55. The normalized spacial score (nSPS) is 16.3. The van der Waals surface area contributed by atoms with E-state index in [0.717, 1.165) is 5.69 Å². The van der Waals surface area contributed by atoms with Crippen molar-refractivity contribution < 1.29 is 4.79 Å². The summed E-state index contributed by atoms with van der Waals surface area (Å²) in [5.74, 6) is 0.0753. The van der Waals surface area contributed by atoms with Gasteiger partial charge in [0.15, 0.2) is 5.11 Å². The van der Waals surface area contributed by atoms with Crippen molar-refractivity contribution >= 4 is 28.9 Å². The lowest BCUT2D eigenvalue weighted by atomic mass is 10.3. The number of amides is 1. The molecule has 0 aromatic heterocycles. The third kappa shape index (κ3) is 1.72. The second-order valence-corrected chi connectivity index (χ2v) is 3.71. The van der Waals surface area contributed by atoms with E-state index in [1.807, 2.05) is 42.2 Å². The first-order chi connectivity index (χ1) is 7.24. The largest absolute Gasteiger partial charge is 0.309 e. The number of hydrogen-bond acceptors (Lipinski definition) is 2. The van der Waals surface area contributed by atoms with Crippen molar-refractivity contribution in [2.24, 2.45) is 0 Å². The maximum absolute atomic E-state index is 11.6. The third-order valence-corrected chi connectivity index (χ3v) is 2.88. The summed E-state index contributed by atoms with van der Waals surface area (Å²) in [7, 11) is 0. The minimum absolute atomic E-state index is 0.0753. The Balaban J connectivity index is 2.27. The Morgan fingerprint density at radius 3 is 2.53 bits per heavy atom. The van der Waals surface area contributed by atoms with Gasteiger partial charge in [-0.1, -0.05) is 18.2 Å². The van der Waals surface area contributed by atoms with Crippen molar-refractivity contribution in [2.75, 3.05) is 18.0 Å². The number of benzene rings is 1. The van der Waals surface area contributed by atoms with Crippen molar-refractivity contribution in [2.45, 2.75) is 6.92 Å². The van der Waals surface area contributed by atoms with E-state index in [2.05, 4.69) is 0 Å². The number of hydrogen-bond donors (Lipinski definition) is 0. The van der Waals surface area contributed by atoms with Crippen LogP contribution >= 0.6 is 12.2 Å². The number of carbonyl (C=O) groups excluding carboxylic acids is 1. The summed E-state index contributed by atoms with van der Waals surface area (Å²) in [4.78, 5) is 15.1. The molecule has 4 heteroatoms. The molecule has 78 valence electrons. The number of thiocarbonyl (C=S) groups is 1. The summed E-state index contributed by atoms with van der Waals surface area (Å²) >= 11 is 5.25. The van der Waals surface area contributed by atoms with Gasteiger partial charge in [-0.05, 0) is 31.3 Å². The van der Waals surface area contributed by atoms with Crippen molar-refractivity contribution in [1.82, 2.24) is 4.90 Å². The van der Waals surface area contributed by atoms with Crippen molar-refractivity contribution in [3.8, 4) is 0 Å². The zero-order chi connectivity index (χ0) is 10.8. The predicted octanol–water partition coefficient (Wildman–Crippen LogP) is 1.64. The summed E-state index contributed by atoms with van der Waals surface area (Å²) in [6, 6.07) is 9.74. The Bertz CT molecular complexity index is 391. The molecule has 1 aromatic rings. The van der Waals surface area contributed by atoms with Gasteiger partial charge < -0.3 is 4.90 Å². The summed E-state index contributed by atoms with van der Waals surface area (Å²) < 4.78 is 0. The number of para-hydroxylation sites is 1. The Morgan fingerprint density at radius 1 is 1.33 bits per heavy atom. The zero-order valence-electron chi connectivity index (χ0n) is 8.51. The highest BCUT2D eigenvalue weighted by Crippen LogP contribution is 2.20. The maximum atomic E-state index is 11.6. The van der Waals surface area contributed by atoms with Gasteiger partial charge in [0.05, 0.1) is 0 Å². The molecule has 0 bridgehead atoms. The first-order valence-corrected chi connectivity index (χ1v) is 5.31. The molecule has 1 fully saturated rings. The van der Waals surface area contributed by atoms with Gasteiger partial charge in [0, 0.05) is 12.2 Å². The highest BCUT2D eigenvalue weighted by Gasteiger charge is 2.31. The first kappa shape index (κ1) is 10.1. The Labute approximate surface area is 94.3 Å². The molecule has 0 atom stereocenters. The molecule has 0 N–H and O–H groups in total. The van der Waals surface area contributed by atoms with Crippen LogP contribution in [0.1, 0.15) is 6.92 Å². The van der Waals surface area contributed by atoms with Crippen LogP contribution in [0, 0.1) is 0 Å². The second kappa shape index (κ2) is 3.98. The van der Waals surface area contributed by atoms with E-state index in [4.69, 9.17) is 12.2 Å². The highest BCUT2D eigenvalue weighted by atomic mass is 32.1. The summed E-state index contributed by atoms with van der Waals surface area (Å²) in [5, 5.41) is 0.605. The molecule has 1 heterocycles. The van der Waals surface area contributed by atoms with Gasteiger partial charge >= 0.3 is 0 Å². The molecule has 0 saturated carbocycles. The molecule has 1 aliphatic rings. The fraction of sp³-hybridized carbons (Fsp3) is 0.273. The van der Waals surface area contributed by atoms with Gasteiger partial charge in [-0.15, -0.1) is 0 Å². The molecule has 3 nitrogen and oxygen atoms in total. The van der Waals surface area contributed by atoms with Crippen molar-refractivity contribution in [1.29, 1.82) is 0 Å². The maximum Gasteiger partial charge on any atom is 0.248 e. The molecule has 0 spiro atoms. The lowest BCUT2D eigenvalue weighted by molar-refractivity contribution is -0.124. The van der Waals surface area contributed by atoms with Crippen molar-refractivity contribution in [3.05, 3.63) is 30.3 Å². The van der Waals surface area contributed by atoms with Gasteiger partial charge in [0.25, 0.3) is 0 Å². The monoisotopic (exact) mass is 220 g/mol. The van der Waals surface area contributed by atoms with Crippen LogP contribution in [0.25, 0.3) is 0 Å². The second-order valence-electron chi connectivity index (χ2n) is 3.34. The zero-order valence-corrected chi connectivity index (χ0v) is 9.33. The summed E-state index contributed by atoms with van der Waals surface area (Å²) in [6.45, 7) is 2.93. The number of anilines is 1. The van der Waals surface area contributed by atoms with Crippen LogP contribution in [-0.2, 0) is 4.79 Å². The van der Waals surface area contributed by atoms with Crippen LogP contribution in [0.4, 0.5) is 5.69 Å². The highest BCUT2D eigenvalue weighted by molar-refractivity contribution is 7.80. The van der Waals surface area contributed by atoms with E-state index < -0.39 is 0 Å². The lowest BCUT2D eigenvalue weighted by Gasteiger charge is -2.18. The van der Waals surface area contributed by atoms with Crippen LogP contribution in [0.2, 0.25) is 0 Å². The molecular weight excluding hydrogens is 208 g/mol. The Hall–Kier alpha value is -1.42. The number of likely N-dealkylation sites (N-methyl/N-ethyl adjacent to an activating group) is 1. The van der Waals surface area contributed by atoms with E-state index in [1.165, 1.54) is 0 Å². The minimum Gasteiger partial charge on any atom is -0.309 e. The number of rotatable bonds is 2. The first-order valence-electron chi connectivity index (χ1n) is 4.91. The van der Waals surface area contributed by atoms with E-state index in [9.17, 15) is 4.79 Å². The number of carbonyl (C=O) groups is 1. The lowest BCUT2D eigenvalue weighted by Crippen LogP contribution is -2.32. The van der Waals surface area contributed by atoms with Crippen LogP contribution in [0.15, 0.2) is 30.3 Å². The van der Waals surface area contributed by atoms with Crippen LogP contribution in [0.5, 0.6) is 0 Å². The molecule has 2 rings (SSSR count). The van der Waals surface area contributed by atoms with Gasteiger partial charge in [-0.2, -0.15) is 0 Å². The van der Waals surface area contributed by atoms with E-state index in [1.54, 1.807) is 4.90 Å². The van der Waals surface area contributed by atoms with Crippen LogP contribution in [-0.4, -0.2) is 29.0 Å². The summed E-state index contributed by atoms with van der Waals surface area (Å²) in [5.41, 5.74) is 0.979. The Morgan fingerprint density at radius 2 is 2.00 bits per heavy atom. The smallest absolute Gasteiger partial charge is 0.248 e. The topological polar surface area (TPSA) is 23.6 Å². The molecule has 1 aliphatic heterocycles. The molecular formula is C11H12N2OS. The van der Waals surface area contributed by atoms with E-state index in [-0.39, 0.29) is 5.91 Å². The van der Waals surface area contributed by atoms with Gasteiger partial charge in [0.1, 0.15) is 6.54 Å². The molecule has 0 aliphatic carbocycles. The standard InChI is InChI=1S/C11H12N2OS/c1-2-12-10(14)8-13(11(12)15)9-6-4-3-5-7-9/h3-7H,2,8H2,1H3. The minimum atomic E-state index is 0.0753. The molecule has 1 aromatic carbocycles.